The number of piperidine rings is 1. The molecule has 7 heteroatoms. The first kappa shape index (κ1) is 17.3. The number of nitrogens with one attached hydrogen (secondary N) is 1. The van der Waals surface area contributed by atoms with Gasteiger partial charge in [-0.25, -0.2) is 9.97 Å². The lowest BCUT2D eigenvalue weighted by Crippen LogP contribution is -2.30. The third-order valence-electron chi connectivity index (χ3n) is 4.62. The van der Waals surface area contributed by atoms with Gasteiger partial charge in [0, 0.05) is 25.4 Å². The highest BCUT2D eigenvalue weighted by Gasteiger charge is 2.13. The van der Waals surface area contributed by atoms with Crippen molar-refractivity contribution in [3.8, 4) is 11.5 Å². The van der Waals surface area contributed by atoms with E-state index < -0.39 is 0 Å². The molecule has 1 N–H and O–H groups in total. The van der Waals surface area contributed by atoms with E-state index in [4.69, 9.17) is 9.47 Å². The summed E-state index contributed by atoms with van der Waals surface area (Å²) in [5.74, 6) is 2.77. The first-order chi connectivity index (χ1) is 13.3. The Morgan fingerprint density at radius 3 is 2.89 bits per heavy atom. The Labute approximate surface area is 158 Å². The van der Waals surface area contributed by atoms with E-state index in [0.29, 0.717) is 18.1 Å². The van der Waals surface area contributed by atoms with Crippen molar-refractivity contribution in [1.82, 2.24) is 15.3 Å². The van der Waals surface area contributed by atoms with Crippen molar-refractivity contribution in [1.29, 1.82) is 0 Å². The van der Waals surface area contributed by atoms with Crippen LogP contribution in [-0.4, -0.2) is 35.8 Å². The Balaban J connectivity index is 1.32. The molecule has 0 spiro atoms. The van der Waals surface area contributed by atoms with E-state index in [0.717, 1.165) is 30.2 Å². The molecule has 2 aromatic rings. The highest BCUT2D eigenvalue weighted by molar-refractivity contribution is 5.91. The summed E-state index contributed by atoms with van der Waals surface area (Å²) in [5.41, 5.74) is 0.873. The van der Waals surface area contributed by atoms with Gasteiger partial charge in [0.1, 0.15) is 11.6 Å². The maximum absolute atomic E-state index is 12.1. The highest BCUT2D eigenvalue weighted by Crippen LogP contribution is 2.32. The van der Waals surface area contributed by atoms with Gasteiger partial charge in [0.2, 0.25) is 12.7 Å². The molecule has 0 atom stereocenters. The van der Waals surface area contributed by atoms with Crippen LogP contribution < -0.4 is 19.7 Å². The van der Waals surface area contributed by atoms with Gasteiger partial charge in [0.15, 0.2) is 11.5 Å². The number of carbonyl (C=O) groups excluding carboxylic acids is 1. The molecule has 140 valence electrons. The Morgan fingerprint density at radius 1 is 1.15 bits per heavy atom. The van der Waals surface area contributed by atoms with Crippen LogP contribution in [0.15, 0.2) is 36.5 Å². The number of benzene rings is 1. The van der Waals surface area contributed by atoms with Crippen LogP contribution in [0.3, 0.4) is 0 Å². The lowest BCUT2D eigenvalue weighted by atomic mass is 10.1. The molecule has 0 radical (unpaired) electrons. The first-order valence-electron chi connectivity index (χ1n) is 9.20. The van der Waals surface area contributed by atoms with Crippen molar-refractivity contribution >= 4 is 17.8 Å². The summed E-state index contributed by atoms with van der Waals surface area (Å²) in [6.45, 7) is 2.59. The summed E-state index contributed by atoms with van der Waals surface area (Å²) in [4.78, 5) is 23.2. The quantitative estimate of drug-likeness (QED) is 0.820. The Hall–Kier alpha value is -3.09. The molecule has 2 aliphatic heterocycles. The predicted molar refractivity (Wildman–Crippen MR) is 102 cm³/mol. The van der Waals surface area contributed by atoms with Gasteiger partial charge in [0.25, 0.3) is 0 Å². The molecule has 0 aliphatic carbocycles. The summed E-state index contributed by atoms with van der Waals surface area (Å²) >= 11 is 0. The van der Waals surface area contributed by atoms with Crippen molar-refractivity contribution in [3.05, 3.63) is 47.9 Å². The zero-order chi connectivity index (χ0) is 18.5. The molecule has 0 saturated carbocycles. The molecular formula is C20H22N4O3. The standard InChI is InChI=1S/C20H22N4O3/c25-20(7-5-15-4-6-16-17(12-15)27-14-26-16)22-13-18-21-9-8-19(23-18)24-10-2-1-3-11-24/h4-9,12H,1-3,10-11,13-14H2,(H,22,25)/b7-5+. The fourth-order valence-electron chi connectivity index (χ4n) is 3.19. The second-order valence-electron chi connectivity index (χ2n) is 6.54. The SMILES string of the molecule is O=C(/C=C/c1ccc2c(c1)OCO2)NCc1nccc(N2CCCCC2)n1. The van der Waals surface area contributed by atoms with Crippen molar-refractivity contribution in [3.63, 3.8) is 0 Å². The molecular weight excluding hydrogens is 344 g/mol. The van der Waals surface area contributed by atoms with Gasteiger partial charge in [-0.2, -0.15) is 0 Å². The van der Waals surface area contributed by atoms with Crippen LogP contribution in [0, 0.1) is 0 Å². The van der Waals surface area contributed by atoms with Crippen LogP contribution in [0.2, 0.25) is 0 Å². The second kappa shape index (κ2) is 8.07. The monoisotopic (exact) mass is 366 g/mol. The van der Waals surface area contributed by atoms with E-state index in [9.17, 15) is 4.79 Å². The number of nitrogens with zero attached hydrogens (tertiary/aromatic N) is 3. The number of rotatable bonds is 5. The molecule has 7 nitrogen and oxygen atoms in total. The van der Waals surface area contributed by atoms with E-state index in [1.54, 1.807) is 12.3 Å². The minimum absolute atomic E-state index is 0.195. The molecule has 3 heterocycles. The smallest absolute Gasteiger partial charge is 0.244 e. The van der Waals surface area contributed by atoms with Crippen LogP contribution in [0.4, 0.5) is 5.82 Å². The third-order valence-corrected chi connectivity index (χ3v) is 4.62. The summed E-state index contributed by atoms with van der Waals surface area (Å²) in [6.07, 6.45) is 8.65. The molecule has 0 unspecified atom stereocenters. The number of carbonyl (C=O) groups is 1. The Kier molecular flexibility index (Phi) is 5.18. The van der Waals surface area contributed by atoms with Gasteiger partial charge in [-0.1, -0.05) is 6.07 Å². The average Bonchev–Trinajstić information content (AvgIpc) is 3.19. The maximum atomic E-state index is 12.1. The second-order valence-corrected chi connectivity index (χ2v) is 6.54. The van der Waals surface area contributed by atoms with Crippen molar-refractivity contribution < 1.29 is 14.3 Å². The van der Waals surface area contributed by atoms with Crippen LogP contribution in [0.25, 0.3) is 6.08 Å². The van der Waals surface area contributed by atoms with Gasteiger partial charge in [-0.05, 0) is 49.1 Å². The molecule has 27 heavy (non-hydrogen) atoms. The number of hydrogen-bond acceptors (Lipinski definition) is 6. The van der Waals surface area contributed by atoms with Gasteiger partial charge < -0.3 is 19.7 Å². The Morgan fingerprint density at radius 2 is 2.00 bits per heavy atom. The fraction of sp³-hybridized carbons (Fsp3) is 0.350. The lowest BCUT2D eigenvalue weighted by Gasteiger charge is -2.27. The molecule has 4 rings (SSSR count). The summed E-state index contributed by atoms with van der Waals surface area (Å²) < 4.78 is 10.6. The number of aromatic nitrogens is 2. The zero-order valence-electron chi connectivity index (χ0n) is 15.1. The van der Waals surface area contributed by atoms with Crippen LogP contribution in [-0.2, 0) is 11.3 Å². The molecule has 1 saturated heterocycles. The van der Waals surface area contributed by atoms with Gasteiger partial charge in [-0.15, -0.1) is 0 Å². The number of anilines is 1. The summed E-state index contributed by atoms with van der Waals surface area (Å²) in [7, 11) is 0. The van der Waals surface area contributed by atoms with Crippen LogP contribution >= 0.6 is 0 Å². The third kappa shape index (κ3) is 4.36. The minimum atomic E-state index is -0.195. The van der Waals surface area contributed by atoms with Crippen molar-refractivity contribution in [2.75, 3.05) is 24.8 Å². The molecule has 1 amide bonds. The molecule has 1 aromatic heterocycles. The number of amides is 1. The maximum Gasteiger partial charge on any atom is 0.244 e. The topological polar surface area (TPSA) is 76.6 Å². The number of ether oxygens (including phenoxy) is 2. The van der Waals surface area contributed by atoms with E-state index in [-0.39, 0.29) is 12.7 Å². The zero-order valence-corrected chi connectivity index (χ0v) is 15.1. The fourth-order valence-corrected chi connectivity index (χ4v) is 3.19. The van der Waals surface area contributed by atoms with Gasteiger partial charge >= 0.3 is 0 Å². The molecule has 0 bridgehead atoms. The lowest BCUT2D eigenvalue weighted by molar-refractivity contribution is -0.116. The van der Waals surface area contributed by atoms with E-state index in [2.05, 4.69) is 20.2 Å². The van der Waals surface area contributed by atoms with Gasteiger partial charge in [0.05, 0.1) is 6.54 Å². The van der Waals surface area contributed by atoms with Gasteiger partial charge in [-0.3, -0.25) is 4.79 Å². The van der Waals surface area contributed by atoms with Crippen LogP contribution in [0.1, 0.15) is 30.7 Å². The number of hydrogen-bond donors (Lipinski definition) is 1. The molecule has 1 aromatic carbocycles. The van der Waals surface area contributed by atoms with Crippen molar-refractivity contribution in [2.45, 2.75) is 25.8 Å². The largest absolute Gasteiger partial charge is 0.454 e. The summed E-state index contributed by atoms with van der Waals surface area (Å²) in [6, 6.07) is 7.48. The highest BCUT2D eigenvalue weighted by atomic mass is 16.7. The Bertz CT molecular complexity index is 847. The summed E-state index contributed by atoms with van der Waals surface area (Å²) in [5, 5.41) is 2.83. The molecule has 1 fully saturated rings. The number of fused-ring (bicyclic) bond motifs is 1. The van der Waals surface area contributed by atoms with E-state index in [1.807, 2.05) is 24.3 Å². The predicted octanol–water partition coefficient (Wildman–Crippen LogP) is 2.53. The first-order valence-corrected chi connectivity index (χ1v) is 9.20. The van der Waals surface area contributed by atoms with E-state index >= 15 is 0 Å². The average molecular weight is 366 g/mol. The normalized spacial score (nSPS) is 15.9. The van der Waals surface area contributed by atoms with Crippen molar-refractivity contribution in [2.24, 2.45) is 0 Å². The molecule has 2 aliphatic rings. The van der Waals surface area contributed by atoms with E-state index in [1.165, 1.54) is 25.3 Å². The minimum Gasteiger partial charge on any atom is -0.454 e. The van der Waals surface area contributed by atoms with Crippen LogP contribution in [0.5, 0.6) is 11.5 Å².